The summed E-state index contributed by atoms with van der Waals surface area (Å²) in [6.07, 6.45) is 2.54. The number of fused-ring (bicyclic) bond motifs is 1. The maximum Gasteiger partial charge on any atom is 0.0559 e. The van der Waals surface area contributed by atoms with Gasteiger partial charge in [-0.25, -0.2) is 5.43 Å². The summed E-state index contributed by atoms with van der Waals surface area (Å²) < 4.78 is 0. The molecule has 3 nitrogen and oxygen atoms in total. The van der Waals surface area contributed by atoms with Gasteiger partial charge in [-0.1, -0.05) is 18.2 Å². The number of para-hydroxylation sites is 1. The van der Waals surface area contributed by atoms with E-state index in [1.165, 1.54) is 24.1 Å². The highest BCUT2D eigenvalue weighted by Crippen LogP contribution is 2.36. The lowest BCUT2D eigenvalue weighted by Gasteiger charge is -2.28. The fourth-order valence-corrected chi connectivity index (χ4v) is 2.66. The van der Waals surface area contributed by atoms with Gasteiger partial charge in [-0.05, 0) is 43.5 Å². The summed E-state index contributed by atoms with van der Waals surface area (Å²) in [5, 5.41) is 3.41. The molecule has 15 heavy (non-hydrogen) atoms. The van der Waals surface area contributed by atoms with Gasteiger partial charge in [0.15, 0.2) is 0 Å². The molecule has 0 radical (unpaired) electrons. The molecule has 2 aliphatic rings. The lowest BCUT2D eigenvalue weighted by molar-refractivity contribution is 0.302. The predicted octanol–water partition coefficient (Wildman–Crippen LogP) is 1.66. The van der Waals surface area contributed by atoms with Crippen LogP contribution >= 0.6 is 0 Å². The van der Waals surface area contributed by atoms with Crippen LogP contribution in [0.5, 0.6) is 0 Å². The number of hydrazine groups is 1. The summed E-state index contributed by atoms with van der Waals surface area (Å²) >= 11 is 0. The zero-order valence-corrected chi connectivity index (χ0v) is 8.79. The van der Waals surface area contributed by atoms with E-state index in [2.05, 4.69) is 40.4 Å². The van der Waals surface area contributed by atoms with E-state index < -0.39 is 0 Å². The molecule has 0 spiro atoms. The molecule has 0 aliphatic carbocycles. The number of hydrogen-bond acceptors (Lipinski definition) is 3. The molecule has 2 aliphatic heterocycles. The highest BCUT2D eigenvalue weighted by molar-refractivity contribution is 5.55. The lowest BCUT2D eigenvalue weighted by atomic mass is 9.87. The molecular weight excluding hydrogens is 186 g/mol. The lowest BCUT2D eigenvalue weighted by Crippen LogP contribution is -2.35. The highest BCUT2D eigenvalue weighted by Gasteiger charge is 2.29. The van der Waals surface area contributed by atoms with Gasteiger partial charge >= 0.3 is 0 Å². The topological polar surface area (TPSA) is 36.1 Å². The van der Waals surface area contributed by atoms with Crippen molar-refractivity contribution in [3.8, 4) is 0 Å². The van der Waals surface area contributed by atoms with Crippen molar-refractivity contribution in [3.05, 3.63) is 29.8 Å². The van der Waals surface area contributed by atoms with E-state index in [9.17, 15) is 0 Å². The summed E-state index contributed by atoms with van der Waals surface area (Å²) in [6.45, 7) is 2.32. The molecule has 1 atom stereocenters. The standard InChI is InChI=1S/C12H17N3/c1-2-4-11-10(3-1)12(15-14-11)9-5-7-13-8-6-9/h1-4,9,12-15H,5-8H2. The van der Waals surface area contributed by atoms with Gasteiger partial charge in [0.25, 0.3) is 0 Å². The minimum atomic E-state index is 0.503. The van der Waals surface area contributed by atoms with Gasteiger partial charge < -0.3 is 10.7 Å². The van der Waals surface area contributed by atoms with Gasteiger partial charge in [-0.2, -0.15) is 0 Å². The Morgan fingerprint density at radius 2 is 1.87 bits per heavy atom. The van der Waals surface area contributed by atoms with E-state index in [-0.39, 0.29) is 0 Å². The molecule has 1 aromatic carbocycles. The van der Waals surface area contributed by atoms with Crippen LogP contribution in [0.2, 0.25) is 0 Å². The molecule has 0 aromatic heterocycles. The van der Waals surface area contributed by atoms with Crippen molar-refractivity contribution in [2.24, 2.45) is 5.92 Å². The number of hydrogen-bond donors (Lipinski definition) is 3. The van der Waals surface area contributed by atoms with Crippen LogP contribution < -0.4 is 16.2 Å². The van der Waals surface area contributed by atoms with Gasteiger partial charge in [0, 0.05) is 0 Å². The third-order valence-corrected chi connectivity index (χ3v) is 3.51. The Balaban J connectivity index is 1.83. The van der Waals surface area contributed by atoms with Crippen LogP contribution in [0.15, 0.2) is 24.3 Å². The zero-order valence-electron chi connectivity index (χ0n) is 8.79. The quantitative estimate of drug-likeness (QED) is 0.649. The summed E-state index contributed by atoms with van der Waals surface area (Å²) in [5.74, 6) is 0.766. The molecule has 3 rings (SSSR count). The molecule has 1 saturated heterocycles. The number of rotatable bonds is 1. The smallest absolute Gasteiger partial charge is 0.0559 e. The van der Waals surface area contributed by atoms with Crippen LogP contribution in [0.4, 0.5) is 5.69 Å². The molecule has 1 aromatic rings. The van der Waals surface area contributed by atoms with Gasteiger partial charge in [0.05, 0.1) is 11.7 Å². The van der Waals surface area contributed by atoms with Gasteiger partial charge in [-0.15, -0.1) is 0 Å². The van der Waals surface area contributed by atoms with Crippen molar-refractivity contribution >= 4 is 5.69 Å². The average Bonchev–Trinajstić information content (AvgIpc) is 2.74. The highest BCUT2D eigenvalue weighted by atomic mass is 15.4. The molecule has 0 bridgehead atoms. The maximum atomic E-state index is 3.41. The largest absolute Gasteiger partial charge is 0.321 e. The Hall–Kier alpha value is -1.06. The van der Waals surface area contributed by atoms with E-state index in [1.807, 2.05) is 0 Å². The van der Waals surface area contributed by atoms with Crippen molar-refractivity contribution in [3.63, 3.8) is 0 Å². The monoisotopic (exact) mass is 203 g/mol. The molecular formula is C12H17N3. The fourth-order valence-electron chi connectivity index (χ4n) is 2.66. The van der Waals surface area contributed by atoms with Crippen molar-refractivity contribution in [2.45, 2.75) is 18.9 Å². The van der Waals surface area contributed by atoms with Gasteiger partial charge in [0.2, 0.25) is 0 Å². The summed E-state index contributed by atoms with van der Waals surface area (Å²) in [5.41, 5.74) is 9.38. The van der Waals surface area contributed by atoms with Gasteiger partial charge in [0.1, 0.15) is 0 Å². The van der Waals surface area contributed by atoms with Crippen LogP contribution in [0.1, 0.15) is 24.4 Å². The van der Waals surface area contributed by atoms with E-state index in [1.54, 1.807) is 0 Å². The average molecular weight is 203 g/mol. The molecule has 3 heteroatoms. The first-order chi connectivity index (χ1) is 7.45. The van der Waals surface area contributed by atoms with E-state index in [0.29, 0.717) is 6.04 Å². The molecule has 2 heterocycles. The normalized spacial score (nSPS) is 26.0. The van der Waals surface area contributed by atoms with Crippen LogP contribution in [-0.2, 0) is 0 Å². The van der Waals surface area contributed by atoms with Crippen LogP contribution in [0.3, 0.4) is 0 Å². The van der Waals surface area contributed by atoms with Crippen LogP contribution in [-0.4, -0.2) is 13.1 Å². The second-order valence-corrected chi connectivity index (χ2v) is 4.42. The molecule has 3 N–H and O–H groups in total. The van der Waals surface area contributed by atoms with Crippen LogP contribution in [0, 0.1) is 5.92 Å². The van der Waals surface area contributed by atoms with Gasteiger partial charge in [-0.3, -0.25) is 0 Å². The maximum absolute atomic E-state index is 3.41. The Bertz CT molecular complexity index is 344. The Morgan fingerprint density at radius 3 is 2.73 bits per heavy atom. The first-order valence-electron chi connectivity index (χ1n) is 5.76. The van der Waals surface area contributed by atoms with Crippen molar-refractivity contribution in [1.82, 2.24) is 10.7 Å². The molecule has 80 valence electrons. The van der Waals surface area contributed by atoms with Crippen LogP contribution in [0.25, 0.3) is 0 Å². The number of anilines is 1. The molecule has 0 saturated carbocycles. The number of piperidine rings is 1. The third-order valence-electron chi connectivity index (χ3n) is 3.51. The molecule has 1 unspecified atom stereocenters. The van der Waals surface area contributed by atoms with Crippen molar-refractivity contribution in [1.29, 1.82) is 0 Å². The van der Waals surface area contributed by atoms with E-state index in [0.717, 1.165) is 19.0 Å². The second kappa shape index (κ2) is 3.83. The number of benzene rings is 1. The number of nitrogens with one attached hydrogen (secondary N) is 3. The van der Waals surface area contributed by atoms with Crippen molar-refractivity contribution < 1.29 is 0 Å². The summed E-state index contributed by atoms with van der Waals surface area (Å²) in [6, 6.07) is 9.08. The third kappa shape index (κ3) is 1.62. The zero-order chi connectivity index (χ0) is 10.1. The minimum absolute atomic E-state index is 0.503. The molecule has 1 fully saturated rings. The summed E-state index contributed by atoms with van der Waals surface area (Å²) in [7, 11) is 0. The van der Waals surface area contributed by atoms with Crippen molar-refractivity contribution in [2.75, 3.05) is 18.5 Å². The SMILES string of the molecule is c1ccc2c(c1)NNC2C1CCNCC1. The predicted molar refractivity (Wildman–Crippen MR) is 61.5 cm³/mol. The minimum Gasteiger partial charge on any atom is -0.321 e. The molecule has 0 amide bonds. The summed E-state index contributed by atoms with van der Waals surface area (Å²) in [4.78, 5) is 0. The first-order valence-corrected chi connectivity index (χ1v) is 5.76. The van der Waals surface area contributed by atoms with E-state index in [4.69, 9.17) is 0 Å². The Kier molecular flexibility index (Phi) is 2.35. The van der Waals surface area contributed by atoms with E-state index >= 15 is 0 Å². The Labute approximate surface area is 90.2 Å². The fraction of sp³-hybridized carbons (Fsp3) is 0.500. The second-order valence-electron chi connectivity index (χ2n) is 4.42. The Morgan fingerprint density at radius 1 is 1.07 bits per heavy atom. The first kappa shape index (κ1) is 9.19.